The molecular formula is C50H30N2O2. The number of nitrogens with zero attached hydrogens (tertiary/aromatic N) is 2. The van der Waals surface area contributed by atoms with Crippen LogP contribution in [0.1, 0.15) is 0 Å². The molecule has 54 heavy (non-hydrogen) atoms. The summed E-state index contributed by atoms with van der Waals surface area (Å²) in [5, 5.41) is 8.17. The van der Waals surface area contributed by atoms with Crippen molar-refractivity contribution < 1.29 is 8.83 Å². The number of aromatic nitrogens is 2. The monoisotopic (exact) mass is 690 g/mol. The van der Waals surface area contributed by atoms with Crippen LogP contribution in [0.15, 0.2) is 191 Å². The third-order valence-electron chi connectivity index (χ3n) is 11.1. The lowest BCUT2D eigenvalue weighted by atomic mass is 10.0. The van der Waals surface area contributed by atoms with Gasteiger partial charge in [-0.1, -0.05) is 103 Å². The van der Waals surface area contributed by atoms with Gasteiger partial charge in [0.15, 0.2) is 0 Å². The molecule has 12 rings (SSSR count). The maximum Gasteiger partial charge on any atom is 0.213 e. The zero-order valence-electron chi connectivity index (χ0n) is 29.0. The first kappa shape index (κ1) is 29.3. The average Bonchev–Trinajstić information content (AvgIpc) is 3.97. The fraction of sp³-hybridized carbons (Fsp3) is 0. The SMILES string of the molecule is c1ccc(-n2c3ccc(-c4cccc(-n5c6ccccc6c6cc(-c7ccc8oc9ccccc9c8c7)ccc65)c4)cc3c3c4ccccc4oc32)cc1. The van der Waals surface area contributed by atoms with Gasteiger partial charge in [-0.05, 0) is 101 Å². The van der Waals surface area contributed by atoms with E-state index < -0.39 is 0 Å². The van der Waals surface area contributed by atoms with Gasteiger partial charge in [0, 0.05) is 43.7 Å². The lowest BCUT2D eigenvalue weighted by Gasteiger charge is -2.11. The van der Waals surface area contributed by atoms with Gasteiger partial charge in [-0.3, -0.25) is 4.57 Å². The molecule has 0 amide bonds. The Morgan fingerprint density at radius 2 is 0.852 bits per heavy atom. The predicted octanol–water partition coefficient (Wildman–Crippen LogP) is 13.9. The minimum absolute atomic E-state index is 0.867. The number of hydrogen-bond donors (Lipinski definition) is 0. The summed E-state index contributed by atoms with van der Waals surface area (Å²) < 4.78 is 17.3. The molecule has 4 aromatic heterocycles. The molecule has 0 N–H and O–H groups in total. The fourth-order valence-electron chi connectivity index (χ4n) is 8.66. The van der Waals surface area contributed by atoms with Crippen LogP contribution in [0.2, 0.25) is 0 Å². The molecule has 0 radical (unpaired) electrons. The van der Waals surface area contributed by atoms with Crippen molar-refractivity contribution in [3.8, 4) is 33.6 Å². The molecule has 0 fully saturated rings. The van der Waals surface area contributed by atoms with Gasteiger partial charge in [-0.2, -0.15) is 0 Å². The number of furan rings is 2. The van der Waals surface area contributed by atoms with Gasteiger partial charge in [0.1, 0.15) is 16.7 Å². The van der Waals surface area contributed by atoms with Gasteiger partial charge in [0.2, 0.25) is 5.71 Å². The highest BCUT2D eigenvalue weighted by atomic mass is 16.3. The van der Waals surface area contributed by atoms with Crippen LogP contribution >= 0.6 is 0 Å². The standard InChI is InChI=1S/C50H30N2O2/c1-2-12-35(13-3-1)52-45-25-22-33(30-42(45)49-39-17-6-9-20-47(39)54-50(49)52)31-11-10-14-36(27-31)51-43-18-7-4-15-37(43)40-28-32(21-24-44(40)51)34-23-26-48-41(29-34)38-16-5-8-19-46(38)53-48/h1-30H. The van der Waals surface area contributed by atoms with Gasteiger partial charge < -0.3 is 13.4 Å². The summed E-state index contributed by atoms with van der Waals surface area (Å²) in [4.78, 5) is 0. The summed E-state index contributed by atoms with van der Waals surface area (Å²) in [7, 11) is 0. The molecule has 0 atom stereocenters. The lowest BCUT2D eigenvalue weighted by Crippen LogP contribution is -1.94. The van der Waals surface area contributed by atoms with Crippen molar-refractivity contribution in [1.82, 2.24) is 9.13 Å². The highest BCUT2D eigenvalue weighted by Gasteiger charge is 2.20. The first-order valence-corrected chi connectivity index (χ1v) is 18.3. The van der Waals surface area contributed by atoms with Gasteiger partial charge in [0.05, 0.1) is 21.9 Å². The first-order chi connectivity index (χ1) is 26.8. The van der Waals surface area contributed by atoms with E-state index >= 15 is 0 Å². The Bertz CT molecular complexity index is 3450. The summed E-state index contributed by atoms with van der Waals surface area (Å²) in [5.74, 6) is 0. The molecule has 0 saturated carbocycles. The van der Waals surface area contributed by atoms with Crippen molar-refractivity contribution in [1.29, 1.82) is 0 Å². The number of fused-ring (bicyclic) bond motifs is 11. The van der Waals surface area contributed by atoms with Crippen LogP contribution in [0.4, 0.5) is 0 Å². The van der Waals surface area contributed by atoms with E-state index in [0.717, 1.165) is 72.0 Å². The second kappa shape index (κ2) is 11.1. The molecule has 4 nitrogen and oxygen atoms in total. The van der Waals surface area contributed by atoms with Gasteiger partial charge in [0.25, 0.3) is 0 Å². The third-order valence-corrected chi connectivity index (χ3v) is 11.1. The molecule has 8 aromatic carbocycles. The maximum absolute atomic E-state index is 6.54. The molecule has 0 bridgehead atoms. The van der Waals surface area contributed by atoms with E-state index in [0.29, 0.717) is 0 Å². The van der Waals surface area contributed by atoms with Crippen molar-refractivity contribution in [3.05, 3.63) is 182 Å². The largest absolute Gasteiger partial charge is 0.456 e. The Labute approximate surface area is 309 Å². The molecule has 4 heteroatoms. The molecule has 4 heterocycles. The van der Waals surface area contributed by atoms with Crippen LogP contribution in [-0.2, 0) is 0 Å². The van der Waals surface area contributed by atoms with Crippen LogP contribution in [-0.4, -0.2) is 9.13 Å². The molecule has 0 aliphatic rings. The number of hydrogen-bond acceptors (Lipinski definition) is 2. The number of benzene rings is 8. The van der Waals surface area contributed by atoms with Gasteiger partial charge >= 0.3 is 0 Å². The second-order valence-electron chi connectivity index (χ2n) is 14.1. The minimum Gasteiger partial charge on any atom is -0.456 e. The first-order valence-electron chi connectivity index (χ1n) is 18.3. The molecule has 0 saturated heterocycles. The molecule has 0 aliphatic heterocycles. The van der Waals surface area contributed by atoms with Crippen LogP contribution < -0.4 is 0 Å². The van der Waals surface area contributed by atoms with E-state index in [1.807, 2.05) is 18.2 Å². The second-order valence-corrected chi connectivity index (χ2v) is 14.1. The van der Waals surface area contributed by atoms with E-state index in [4.69, 9.17) is 8.83 Å². The van der Waals surface area contributed by atoms with Crippen molar-refractivity contribution >= 4 is 76.7 Å². The molecular weight excluding hydrogens is 661 g/mol. The Hall–Kier alpha value is -7.30. The molecule has 252 valence electrons. The topological polar surface area (TPSA) is 36.1 Å². The molecule has 0 unspecified atom stereocenters. The van der Waals surface area contributed by atoms with E-state index in [-0.39, 0.29) is 0 Å². The van der Waals surface area contributed by atoms with Gasteiger partial charge in [-0.15, -0.1) is 0 Å². The third kappa shape index (κ3) is 4.19. The highest BCUT2D eigenvalue weighted by Crippen LogP contribution is 2.42. The van der Waals surface area contributed by atoms with E-state index in [1.165, 1.54) is 38.3 Å². The lowest BCUT2D eigenvalue weighted by molar-refractivity contribution is 0.645. The molecule has 0 spiro atoms. The average molecular weight is 691 g/mol. The van der Waals surface area contributed by atoms with Crippen LogP contribution in [0, 0.1) is 0 Å². The quantitative estimate of drug-likeness (QED) is 0.184. The summed E-state index contributed by atoms with van der Waals surface area (Å²) in [6.45, 7) is 0. The van der Waals surface area contributed by atoms with Crippen LogP contribution in [0.25, 0.3) is 110 Å². The van der Waals surface area contributed by atoms with Crippen LogP contribution in [0.5, 0.6) is 0 Å². The fourth-order valence-corrected chi connectivity index (χ4v) is 8.66. The van der Waals surface area contributed by atoms with Crippen molar-refractivity contribution in [2.24, 2.45) is 0 Å². The van der Waals surface area contributed by atoms with Crippen molar-refractivity contribution in [2.45, 2.75) is 0 Å². The van der Waals surface area contributed by atoms with E-state index in [9.17, 15) is 0 Å². The number of para-hydroxylation sites is 4. The van der Waals surface area contributed by atoms with Gasteiger partial charge in [-0.25, -0.2) is 0 Å². The predicted molar refractivity (Wildman–Crippen MR) is 223 cm³/mol. The Kier molecular flexibility index (Phi) is 6.02. The van der Waals surface area contributed by atoms with Crippen molar-refractivity contribution in [2.75, 3.05) is 0 Å². The van der Waals surface area contributed by atoms with E-state index in [1.54, 1.807) is 0 Å². The summed E-state index contributed by atoms with van der Waals surface area (Å²) >= 11 is 0. The molecule has 0 aliphatic carbocycles. The molecule has 12 aromatic rings. The summed E-state index contributed by atoms with van der Waals surface area (Å²) in [5.41, 5.74) is 13.9. The Morgan fingerprint density at radius 1 is 0.296 bits per heavy atom. The van der Waals surface area contributed by atoms with Crippen LogP contribution in [0.3, 0.4) is 0 Å². The minimum atomic E-state index is 0.867. The zero-order chi connectivity index (χ0) is 35.3. The smallest absolute Gasteiger partial charge is 0.213 e. The van der Waals surface area contributed by atoms with Crippen molar-refractivity contribution in [3.63, 3.8) is 0 Å². The Morgan fingerprint density at radius 3 is 1.67 bits per heavy atom. The summed E-state index contributed by atoms with van der Waals surface area (Å²) in [6.07, 6.45) is 0. The Balaban J connectivity index is 1.02. The number of rotatable bonds is 4. The van der Waals surface area contributed by atoms with E-state index in [2.05, 4.69) is 173 Å². The summed E-state index contributed by atoms with van der Waals surface area (Å²) in [6, 6.07) is 64.9. The zero-order valence-corrected chi connectivity index (χ0v) is 29.0. The normalized spacial score (nSPS) is 12.1. The maximum atomic E-state index is 6.54. The highest BCUT2D eigenvalue weighted by molar-refractivity contribution is 6.20.